The van der Waals surface area contributed by atoms with Crippen LogP contribution in [0.15, 0.2) is 24.3 Å². The lowest BCUT2D eigenvalue weighted by Crippen LogP contribution is -2.51. The van der Waals surface area contributed by atoms with Crippen LogP contribution in [-0.4, -0.2) is 32.8 Å². The number of benzene rings is 1. The van der Waals surface area contributed by atoms with Gasteiger partial charge in [-0.15, -0.1) is 0 Å². The molecule has 1 aromatic rings. The smallest absolute Gasteiger partial charge is 0.119 e. The van der Waals surface area contributed by atoms with Crippen LogP contribution in [-0.2, 0) is 0 Å². The van der Waals surface area contributed by atoms with Gasteiger partial charge in [0.05, 0.1) is 7.11 Å². The lowest BCUT2D eigenvalue weighted by atomic mass is 10.1. The molecule has 92 valence electrons. The van der Waals surface area contributed by atoms with E-state index in [4.69, 9.17) is 4.74 Å². The largest absolute Gasteiger partial charge is 0.497 e. The average Bonchev–Trinajstić information content (AvgIpc) is 3.23. The topological polar surface area (TPSA) is 24.5 Å². The molecule has 1 heterocycles. The number of nitrogens with zero attached hydrogens (tertiary/aromatic N) is 1. The molecule has 1 saturated heterocycles. The molecule has 2 aliphatic rings. The van der Waals surface area contributed by atoms with Crippen LogP contribution in [0.5, 0.6) is 5.75 Å². The predicted molar refractivity (Wildman–Crippen MR) is 69.7 cm³/mol. The highest BCUT2D eigenvalue weighted by molar-refractivity contribution is 5.49. The van der Waals surface area contributed by atoms with Crippen molar-refractivity contribution < 1.29 is 4.74 Å². The van der Waals surface area contributed by atoms with Gasteiger partial charge in [-0.25, -0.2) is 0 Å². The van der Waals surface area contributed by atoms with Crippen molar-refractivity contribution in [2.45, 2.75) is 18.9 Å². The van der Waals surface area contributed by atoms with Gasteiger partial charge < -0.3 is 15.0 Å². The van der Waals surface area contributed by atoms with Crippen molar-refractivity contribution >= 4 is 5.69 Å². The molecule has 0 spiro atoms. The quantitative estimate of drug-likeness (QED) is 0.861. The number of ether oxygens (including phenoxy) is 1. The number of hydrogen-bond donors (Lipinski definition) is 1. The minimum absolute atomic E-state index is 0.700. The first-order valence-electron chi connectivity index (χ1n) is 6.49. The molecular weight excluding hydrogens is 212 g/mol. The summed E-state index contributed by atoms with van der Waals surface area (Å²) in [4.78, 5) is 2.49. The molecule has 1 aromatic carbocycles. The molecule has 1 aliphatic heterocycles. The number of anilines is 1. The summed E-state index contributed by atoms with van der Waals surface area (Å²) in [7, 11) is 1.71. The molecule has 1 atom stereocenters. The number of piperazine rings is 1. The zero-order valence-electron chi connectivity index (χ0n) is 10.4. The maximum absolute atomic E-state index is 5.19. The Bertz CT molecular complexity index is 372. The van der Waals surface area contributed by atoms with Crippen LogP contribution in [0.25, 0.3) is 0 Å². The third-order valence-electron chi connectivity index (χ3n) is 3.83. The Kier molecular flexibility index (Phi) is 2.93. The van der Waals surface area contributed by atoms with E-state index in [1.807, 2.05) is 12.1 Å². The average molecular weight is 232 g/mol. The van der Waals surface area contributed by atoms with Crippen molar-refractivity contribution in [1.29, 1.82) is 0 Å². The fourth-order valence-electron chi connectivity index (χ4n) is 2.62. The standard InChI is InChI=1S/C14H20N2O/c1-17-13-6-4-12(5-7-13)16-9-8-15-14(10-16)11-2-3-11/h4-7,11,14-15H,2-3,8-10H2,1H3. The third-order valence-corrected chi connectivity index (χ3v) is 3.83. The SMILES string of the molecule is COc1ccc(N2CCNC(C3CC3)C2)cc1. The van der Waals surface area contributed by atoms with Crippen LogP contribution >= 0.6 is 0 Å². The van der Waals surface area contributed by atoms with Gasteiger partial charge in [0.25, 0.3) is 0 Å². The van der Waals surface area contributed by atoms with Gasteiger partial charge in [-0.3, -0.25) is 0 Å². The van der Waals surface area contributed by atoms with E-state index in [1.54, 1.807) is 7.11 Å². The summed E-state index contributed by atoms with van der Waals surface area (Å²) in [5.41, 5.74) is 1.32. The molecule has 2 fully saturated rings. The Morgan fingerprint density at radius 1 is 1.24 bits per heavy atom. The van der Waals surface area contributed by atoms with Crippen molar-refractivity contribution in [1.82, 2.24) is 5.32 Å². The zero-order chi connectivity index (χ0) is 11.7. The van der Waals surface area contributed by atoms with Crippen molar-refractivity contribution in [2.24, 2.45) is 5.92 Å². The van der Waals surface area contributed by atoms with Gasteiger partial charge in [0.1, 0.15) is 5.75 Å². The number of nitrogens with one attached hydrogen (secondary N) is 1. The molecule has 3 heteroatoms. The monoisotopic (exact) mass is 232 g/mol. The molecule has 17 heavy (non-hydrogen) atoms. The van der Waals surface area contributed by atoms with E-state index in [1.165, 1.54) is 18.5 Å². The molecule has 0 aromatic heterocycles. The summed E-state index contributed by atoms with van der Waals surface area (Å²) in [5.74, 6) is 1.86. The van der Waals surface area contributed by atoms with Crippen molar-refractivity contribution in [2.75, 3.05) is 31.6 Å². The Labute approximate surface area is 103 Å². The molecule has 0 bridgehead atoms. The molecule has 0 radical (unpaired) electrons. The Hall–Kier alpha value is -1.22. The zero-order valence-corrected chi connectivity index (χ0v) is 10.4. The van der Waals surface area contributed by atoms with E-state index < -0.39 is 0 Å². The minimum Gasteiger partial charge on any atom is -0.497 e. The van der Waals surface area contributed by atoms with E-state index in [-0.39, 0.29) is 0 Å². The highest BCUT2D eigenvalue weighted by atomic mass is 16.5. The van der Waals surface area contributed by atoms with Gasteiger partial charge in [0, 0.05) is 31.4 Å². The number of methoxy groups -OCH3 is 1. The Balaban J connectivity index is 1.69. The van der Waals surface area contributed by atoms with Gasteiger partial charge in [-0.1, -0.05) is 0 Å². The highest BCUT2D eigenvalue weighted by Gasteiger charge is 2.33. The number of rotatable bonds is 3. The summed E-state index contributed by atoms with van der Waals surface area (Å²) < 4.78 is 5.19. The molecule has 0 amide bonds. The summed E-state index contributed by atoms with van der Waals surface area (Å²) in [6, 6.07) is 9.11. The fraction of sp³-hybridized carbons (Fsp3) is 0.571. The fourth-order valence-corrected chi connectivity index (χ4v) is 2.62. The third kappa shape index (κ3) is 2.39. The summed E-state index contributed by atoms with van der Waals surface area (Å²) >= 11 is 0. The molecule has 3 nitrogen and oxygen atoms in total. The van der Waals surface area contributed by atoms with Crippen molar-refractivity contribution in [3.8, 4) is 5.75 Å². The first-order chi connectivity index (χ1) is 8.36. The van der Waals surface area contributed by atoms with Crippen LogP contribution in [0.1, 0.15) is 12.8 Å². The Morgan fingerprint density at radius 2 is 2.00 bits per heavy atom. The van der Waals surface area contributed by atoms with E-state index >= 15 is 0 Å². The first-order valence-corrected chi connectivity index (χ1v) is 6.49. The molecular formula is C14H20N2O. The highest BCUT2D eigenvalue weighted by Crippen LogP contribution is 2.34. The Morgan fingerprint density at radius 3 is 2.65 bits per heavy atom. The molecule has 1 unspecified atom stereocenters. The lowest BCUT2D eigenvalue weighted by Gasteiger charge is -2.35. The maximum Gasteiger partial charge on any atom is 0.119 e. The summed E-state index contributed by atoms with van der Waals surface area (Å²) in [6.07, 6.45) is 2.82. The van der Waals surface area contributed by atoms with E-state index in [0.29, 0.717) is 6.04 Å². The van der Waals surface area contributed by atoms with Crippen molar-refractivity contribution in [3.63, 3.8) is 0 Å². The maximum atomic E-state index is 5.19. The molecule has 3 rings (SSSR count). The first kappa shape index (κ1) is 10.9. The second-order valence-electron chi connectivity index (χ2n) is 5.04. The van der Waals surface area contributed by atoms with Crippen LogP contribution < -0.4 is 15.0 Å². The van der Waals surface area contributed by atoms with Crippen LogP contribution in [0.3, 0.4) is 0 Å². The van der Waals surface area contributed by atoms with Crippen LogP contribution in [0.2, 0.25) is 0 Å². The van der Waals surface area contributed by atoms with Gasteiger partial charge in [-0.05, 0) is 43.0 Å². The summed E-state index contributed by atoms with van der Waals surface area (Å²) in [6.45, 7) is 3.36. The predicted octanol–water partition coefficient (Wildman–Crippen LogP) is 1.88. The molecule has 1 aliphatic carbocycles. The molecule has 1 saturated carbocycles. The van der Waals surface area contributed by atoms with E-state index in [2.05, 4.69) is 22.3 Å². The molecule has 1 N–H and O–H groups in total. The van der Waals surface area contributed by atoms with Crippen LogP contribution in [0, 0.1) is 5.92 Å². The van der Waals surface area contributed by atoms with Crippen LogP contribution in [0.4, 0.5) is 5.69 Å². The normalized spacial score (nSPS) is 24.8. The van der Waals surface area contributed by atoms with E-state index in [9.17, 15) is 0 Å². The second-order valence-corrected chi connectivity index (χ2v) is 5.04. The second kappa shape index (κ2) is 4.57. The number of hydrogen-bond acceptors (Lipinski definition) is 3. The van der Waals surface area contributed by atoms with Crippen molar-refractivity contribution in [3.05, 3.63) is 24.3 Å². The summed E-state index contributed by atoms with van der Waals surface area (Å²) in [5, 5.41) is 3.64. The van der Waals surface area contributed by atoms with E-state index in [0.717, 1.165) is 31.3 Å². The lowest BCUT2D eigenvalue weighted by molar-refractivity contribution is 0.413. The van der Waals surface area contributed by atoms with Gasteiger partial charge >= 0.3 is 0 Å². The van der Waals surface area contributed by atoms with Gasteiger partial charge in [0.2, 0.25) is 0 Å². The minimum atomic E-state index is 0.700. The van der Waals surface area contributed by atoms with Gasteiger partial charge in [0.15, 0.2) is 0 Å². The van der Waals surface area contributed by atoms with Gasteiger partial charge in [-0.2, -0.15) is 0 Å².